The van der Waals surface area contributed by atoms with Crippen LogP contribution in [0.25, 0.3) is 0 Å². The van der Waals surface area contributed by atoms with Crippen molar-refractivity contribution in [3.05, 3.63) is 0 Å². The summed E-state index contributed by atoms with van der Waals surface area (Å²) < 4.78 is 0. The smallest absolute Gasteiger partial charge is 0.305 e. The molecule has 0 aliphatic carbocycles. The maximum absolute atomic E-state index is 11.8. The first-order valence-corrected chi connectivity index (χ1v) is 5.07. The fourth-order valence-electron chi connectivity index (χ4n) is 2.20. The number of fused-ring (bicyclic) bond motifs is 1. The number of piperazine rings is 1. The van der Waals surface area contributed by atoms with Gasteiger partial charge in [-0.05, 0) is 6.42 Å². The lowest BCUT2D eigenvalue weighted by Gasteiger charge is -2.33. The van der Waals surface area contributed by atoms with E-state index in [9.17, 15) is 14.4 Å². The number of carboxylic acids is 1. The van der Waals surface area contributed by atoms with Crippen molar-refractivity contribution in [3.8, 4) is 0 Å². The Morgan fingerprint density at radius 2 is 2.25 bits per heavy atom. The van der Waals surface area contributed by atoms with Gasteiger partial charge in [-0.3, -0.25) is 14.4 Å². The zero-order valence-electron chi connectivity index (χ0n) is 8.55. The van der Waals surface area contributed by atoms with Gasteiger partial charge in [-0.15, -0.1) is 0 Å². The highest BCUT2D eigenvalue weighted by molar-refractivity contribution is 5.99. The number of aliphatic carboxylic acids is 1. The molecule has 0 aromatic rings. The Morgan fingerprint density at radius 3 is 2.88 bits per heavy atom. The van der Waals surface area contributed by atoms with E-state index < -0.39 is 18.1 Å². The average molecular weight is 227 g/mol. The second kappa shape index (κ2) is 3.75. The standard InChI is InChI=1S/C9H13N3O4/c10-4-1-6-8(15)11-5(2-7(13)14)9(16)12(6)3-4/h4-6H,1-3,10H2,(H,11,15)(H,13,14)/t4-,5-,6?/m0/s1. The minimum absolute atomic E-state index is 0.205. The highest BCUT2D eigenvalue weighted by atomic mass is 16.4. The van der Waals surface area contributed by atoms with Crippen molar-refractivity contribution in [2.24, 2.45) is 5.73 Å². The van der Waals surface area contributed by atoms with Crippen LogP contribution in [0.15, 0.2) is 0 Å². The molecule has 0 radical (unpaired) electrons. The molecule has 2 saturated heterocycles. The van der Waals surface area contributed by atoms with Crippen molar-refractivity contribution in [2.45, 2.75) is 31.0 Å². The number of hydrogen-bond acceptors (Lipinski definition) is 4. The van der Waals surface area contributed by atoms with Crippen molar-refractivity contribution < 1.29 is 19.5 Å². The molecule has 2 rings (SSSR count). The van der Waals surface area contributed by atoms with Gasteiger partial charge in [0.05, 0.1) is 6.42 Å². The van der Waals surface area contributed by atoms with Gasteiger partial charge in [0, 0.05) is 12.6 Å². The summed E-state index contributed by atoms with van der Waals surface area (Å²) in [6.45, 7) is 0.326. The molecule has 2 aliphatic heterocycles. The van der Waals surface area contributed by atoms with Crippen LogP contribution in [-0.4, -0.2) is 52.5 Å². The molecule has 16 heavy (non-hydrogen) atoms. The van der Waals surface area contributed by atoms with Crippen LogP contribution in [-0.2, 0) is 14.4 Å². The van der Waals surface area contributed by atoms with Gasteiger partial charge in [0.25, 0.3) is 0 Å². The molecule has 3 atom stereocenters. The van der Waals surface area contributed by atoms with E-state index in [-0.39, 0.29) is 24.3 Å². The van der Waals surface area contributed by atoms with Crippen molar-refractivity contribution >= 4 is 17.8 Å². The van der Waals surface area contributed by atoms with Crippen molar-refractivity contribution in [1.29, 1.82) is 0 Å². The third-order valence-electron chi connectivity index (χ3n) is 2.91. The topological polar surface area (TPSA) is 113 Å². The van der Waals surface area contributed by atoms with Gasteiger partial charge in [0.15, 0.2) is 0 Å². The van der Waals surface area contributed by atoms with Crippen LogP contribution in [0.5, 0.6) is 0 Å². The maximum Gasteiger partial charge on any atom is 0.305 e. The van der Waals surface area contributed by atoms with Crippen molar-refractivity contribution in [3.63, 3.8) is 0 Å². The van der Waals surface area contributed by atoms with E-state index in [1.165, 1.54) is 4.90 Å². The number of rotatable bonds is 2. The first kappa shape index (κ1) is 10.9. The third-order valence-corrected chi connectivity index (χ3v) is 2.91. The predicted molar refractivity (Wildman–Crippen MR) is 52.3 cm³/mol. The summed E-state index contributed by atoms with van der Waals surface area (Å²) in [5.74, 6) is -1.76. The van der Waals surface area contributed by atoms with E-state index in [4.69, 9.17) is 10.8 Å². The summed E-state index contributed by atoms with van der Waals surface area (Å²) in [5.41, 5.74) is 5.68. The molecule has 0 spiro atoms. The molecule has 7 heteroatoms. The lowest BCUT2D eigenvalue weighted by atomic mass is 10.1. The van der Waals surface area contributed by atoms with Gasteiger partial charge in [0.2, 0.25) is 11.8 Å². The fraction of sp³-hybridized carbons (Fsp3) is 0.667. The summed E-state index contributed by atoms with van der Waals surface area (Å²) in [4.78, 5) is 35.3. The number of carbonyl (C=O) groups is 3. The van der Waals surface area contributed by atoms with Gasteiger partial charge in [-0.1, -0.05) is 0 Å². The molecular formula is C9H13N3O4. The zero-order valence-corrected chi connectivity index (χ0v) is 8.55. The predicted octanol–water partition coefficient (Wildman–Crippen LogP) is -2.11. The molecule has 0 bridgehead atoms. The number of carboxylic acid groups (broad SMARTS) is 1. The minimum Gasteiger partial charge on any atom is -0.481 e. The van der Waals surface area contributed by atoms with Crippen LogP contribution in [0.4, 0.5) is 0 Å². The largest absolute Gasteiger partial charge is 0.481 e. The quantitative estimate of drug-likeness (QED) is 0.499. The van der Waals surface area contributed by atoms with E-state index in [1.54, 1.807) is 0 Å². The Hall–Kier alpha value is -1.63. The second-order valence-corrected chi connectivity index (χ2v) is 4.16. The van der Waals surface area contributed by atoms with E-state index in [0.717, 1.165) is 0 Å². The van der Waals surface area contributed by atoms with E-state index in [1.807, 2.05) is 0 Å². The third kappa shape index (κ3) is 1.73. The SMILES string of the molecule is N[C@H]1CC2C(=O)N[C@@H](CC(=O)O)C(=O)N2C1. The van der Waals surface area contributed by atoms with Crippen LogP contribution >= 0.6 is 0 Å². The van der Waals surface area contributed by atoms with Crippen LogP contribution < -0.4 is 11.1 Å². The van der Waals surface area contributed by atoms with Crippen molar-refractivity contribution in [2.75, 3.05) is 6.54 Å². The van der Waals surface area contributed by atoms with Gasteiger partial charge in [-0.2, -0.15) is 0 Å². The summed E-state index contributed by atoms with van der Waals surface area (Å²) in [7, 11) is 0. The first-order chi connectivity index (χ1) is 7.49. The summed E-state index contributed by atoms with van der Waals surface area (Å²) in [5, 5.41) is 11.0. The summed E-state index contributed by atoms with van der Waals surface area (Å²) >= 11 is 0. The Balaban J connectivity index is 2.15. The molecule has 2 aliphatic rings. The maximum atomic E-state index is 11.8. The Kier molecular flexibility index (Phi) is 2.55. The lowest BCUT2D eigenvalue weighted by molar-refractivity contribution is -0.150. The van der Waals surface area contributed by atoms with Crippen molar-refractivity contribution in [1.82, 2.24) is 10.2 Å². The molecule has 0 aromatic heterocycles. The summed E-state index contributed by atoms with van der Waals surface area (Å²) in [6.07, 6.45) is 0.0559. The Morgan fingerprint density at radius 1 is 1.56 bits per heavy atom. The molecule has 2 fully saturated rings. The molecule has 2 amide bonds. The average Bonchev–Trinajstić information content (AvgIpc) is 2.56. The first-order valence-electron chi connectivity index (χ1n) is 5.07. The molecule has 4 N–H and O–H groups in total. The number of nitrogens with one attached hydrogen (secondary N) is 1. The Bertz CT molecular complexity index is 357. The highest BCUT2D eigenvalue weighted by Gasteiger charge is 2.45. The molecule has 7 nitrogen and oxygen atoms in total. The van der Waals surface area contributed by atoms with E-state index in [2.05, 4.69) is 5.32 Å². The monoisotopic (exact) mass is 227 g/mol. The molecule has 0 saturated carbocycles. The van der Waals surface area contributed by atoms with Crippen LogP contribution in [0.3, 0.4) is 0 Å². The molecular weight excluding hydrogens is 214 g/mol. The highest BCUT2D eigenvalue weighted by Crippen LogP contribution is 2.22. The van der Waals surface area contributed by atoms with Gasteiger partial charge >= 0.3 is 5.97 Å². The minimum atomic E-state index is -1.11. The molecule has 88 valence electrons. The van der Waals surface area contributed by atoms with E-state index >= 15 is 0 Å². The van der Waals surface area contributed by atoms with Crippen LogP contribution in [0.2, 0.25) is 0 Å². The van der Waals surface area contributed by atoms with Gasteiger partial charge in [0.1, 0.15) is 12.1 Å². The van der Waals surface area contributed by atoms with Gasteiger partial charge in [-0.25, -0.2) is 0 Å². The lowest BCUT2D eigenvalue weighted by Crippen LogP contribution is -2.61. The molecule has 2 heterocycles. The van der Waals surface area contributed by atoms with Crippen LogP contribution in [0, 0.1) is 0 Å². The fourth-order valence-corrected chi connectivity index (χ4v) is 2.20. The normalized spacial score (nSPS) is 33.6. The van der Waals surface area contributed by atoms with Gasteiger partial charge < -0.3 is 21.1 Å². The zero-order chi connectivity index (χ0) is 11.9. The molecule has 0 aromatic carbocycles. The Labute approximate surface area is 91.6 Å². The second-order valence-electron chi connectivity index (χ2n) is 4.16. The number of nitrogens with zero attached hydrogens (tertiary/aromatic N) is 1. The number of nitrogens with two attached hydrogens (primary N) is 1. The summed E-state index contributed by atoms with van der Waals surface area (Å²) in [6, 6.07) is -1.68. The van der Waals surface area contributed by atoms with Crippen LogP contribution in [0.1, 0.15) is 12.8 Å². The molecule has 1 unspecified atom stereocenters. The number of carbonyl (C=O) groups excluding carboxylic acids is 2. The number of amides is 2. The number of hydrogen-bond donors (Lipinski definition) is 3. The van der Waals surface area contributed by atoms with E-state index in [0.29, 0.717) is 13.0 Å².